The summed E-state index contributed by atoms with van der Waals surface area (Å²) in [5.74, 6) is -0.425. The van der Waals surface area contributed by atoms with Crippen molar-refractivity contribution in [1.29, 1.82) is 0 Å². The highest BCUT2D eigenvalue weighted by molar-refractivity contribution is 7.81. The standard InChI is InChI=1S/C9H10ClNO2S.C6H5NO2/c1-13-8-3-2-6(10)4-7(8)11-9(12)5-14;8-6(9)5-1-3-7-4-2-5/h2-4,14H,5H2,1H3,(H,11,12);1-4H,(H,8,9). The van der Waals surface area contributed by atoms with Gasteiger partial charge in [0.15, 0.2) is 0 Å². The third kappa shape index (κ3) is 6.58. The molecule has 2 rings (SSSR count). The lowest BCUT2D eigenvalue weighted by molar-refractivity contribution is -0.113. The lowest BCUT2D eigenvalue weighted by Gasteiger charge is -2.09. The predicted octanol–water partition coefficient (Wildman–Crippen LogP) is 3.00. The Morgan fingerprint density at radius 2 is 1.96 bits per heavy atom. The number of carboxylic acid groups (broad SMARTS) is 1. The van der Waals surface area contributed by atoms with Gasteiger partial charge in [0.05, 0.1) is 24.1 Å². The van der Waals surface area contributed by atoms with E-state index in [1.165, 1.54) is 31.6 Å². The molecule has 1 amide bonds. The molecule has 0 aliphatic rings. The molecule has 2 aromatic rings. The van der Waals surface area contributed by atoms with Gasteiger partial charge in [-0.3, -0.25) is 9.78 Å². The number of carboxylic acids is 1. The highest BCUT2D eigenvalue weighted by Gasteiger charge is 2.06. The zero-order valence-corrected chi connectivity index (χ0v) is 13.8. The minimum Gasteiger partial charge on any atom is -0.495 e. The quantitative estimate of drug-likeness (QED) is 0.734. The normalized spacial score (nSPS) is 9.35. The van der Waals surface area contributed by atoms with Gasteiger partial charge in [0.25, 0.3) is 0 Å². The van der Waals surface area contributed by atoms with E-state index in [2.05, 4.69) is 22.9 Å². The number of rotatable bonds is 4. The predicted molar refractivity (Wildman–Crippen MR) is 91.7 cm³/mol. The Morgan fingerprint density at radius 3 is 2.43 bits per heavy atom. The lowest BCUT2D eigenvalue weighted by Crippen LogP contribution is -2.13. The Labute approximate surface area is 143 Å². The van der Waals surface area contributed by atoms with Gasteiger partial charge < -0.3 is 15.2 Å². The molecule has 2 N–H and O–H groups in total. The fraction of sp³-hybridized carbons (Fsp3) is 0.133. The number of anilines is 1. The summed E-state index contributed by atoms with van der Waals surface area (Å²) in [4.78, 5) is 24.9. The van der Waals surface area contributed by atoms with Crippen molar-refractivity contribution in [2.75, 3.05) is 18.2 Å². The molecule has 0 atom stereocenters. The van der Waals surface area contributed by atoms with Gasteiger partial charge in [-0.05, 0) is 30.3 Å². The van der Waals surface area contributed by atoms with Crippen molar-refractivity contribution in [1.82, 2.24) is 4.98 Å². The molecular weight excluding hydrogens is 340 g/mol. The van der Waals surface area contributed by atoms with Gasteiger partial charge in [-0.25, -0.2) is 4.79 Å². The van der Waals surface area contributed by atoms with Crippen LogP contribution in [0, 0.1) is 0 Å². The maximum absolute atomic E-state index is 11.1. The highest BCUT2D eigenvalue weighted by atomic mass is 35.5. The van der Waals surface area contributed by atoms with Gasteiger partial charge in [0.2, 0.25) is 5.91 Å². The number of aromatic carboxylic acids is 1. The molecular formula is C15H15ClN2O4S. The van der Waals surface area contributed by atoms with E-state index in [4.69, 9.17) is 21.4 Å². The molecule has 1 aromatic carbocycles. The number of nitrogens with zero attached hydrogens (tertiary/aromatic N) is 1. The minimum atomic E-state index is -0.919. The number of nitrogens with one attached hydrogen (secondary N) is 1. The Hall–Kier alpha value is -2.25. The summed E-state index contributed by atoms with van der Waals surface area (Å²) in [6, 6.07) is 7.90. The molecule has 8 heteroatoms. The maximum atomic E-state index is 11.1. The number of carbonyl (C=O) groups is 2. The van der Waals surface area contributed by atoms with Gasteiger partial charge in [0, 0.05) is 17.4 Å². The first-order valence-corrected chi connectivity index (χ1v) is 7.36. The molecule has 1 aromatic heterocycles. The number of hydrogen-bond acceptors (Lipinski definition) is 5. The number of halogens is 1. The van der Waals surface area contributed by atoms with E-state index in [-0.39, 0.29) is 17.2 Å². The summed E-state index contributed by atoms with van der Waals surface area (Å²) in [7, 11) is 1.53. The zero-order valence-electron chi connectivity index (χ0n) is 12.2. The SMILES string of the molecule is COc1ccc(Cl)cc1NC(=O)CS.O=C(O)c1ccncc1. The van der Waals surface area contributed by atoms with Crippen LogP contribution in [0.1, 0.15) is 10.4 Å². The van der Waals surface area contributed by atoms with E-state index < -0.39 is 5.97 Å². The second kappa shape index (κ2) is 9.70. The zero-order chi connectivity index (χ0) is 17.2. The van der Waals surface area contributed by atoms with Crippen molar-refractivity contribution < 1.29 is 19.4 Å². The van der Waals surface area contributed by atoms with Gasteiger partial charge in [-0.1, -0.05) is 11.6 Å². The molecule has 0 spiro atoms. The summed E-state index contributed by atoms with van der Waals surface area (Å²) in [6.07, 6.45) is 2.90. The first-order chi connectivity index (χ1) is 11.0. The number of hydrogen-bond donors (Lipinski definition) is 3. The number of ether oxygens (including phenoxy) is 1. The monoisotopic (exact) mass is 354 g/mol. The third-order valence-corrected chi connectivity index (χ3v) is 3.03. The van der Waals surface area contributed by atoms with Crippen LogP contribution < -0.4 is 10.1 Å². The van der Waals surface area contributed by atoms with Crippen LogP contribution in [0.5, 0.6) is 5.75 Å². The molecule has 0 fully saturated rings. The van der Waals surface area contributed by atoms with Crippen molar-refractivity contribution >= 4 is 41.8 Å². The average molecular weight is 355 g/mol. The molecule has 1 heterocycles. The van der Waals surface area contributed by atoms with Gasteiger partial charge >= 0.3 is 5.97 Å². The van der Waals surface area contributed by atoms with E-state index in [0.29, 0.717) is 16.5 Å². The van der Waals surface area contributed by atoms with Gasteiger partial charge in [0.1, 0.15) is 5.75 Å². The molecule has 0 aliphatic heterocycles. The molecule has 0 bridgehead atoms. The molecule has 0 saturated heterocycles. The van der Waals surface area contributed by atoms with E-state index in [9.17, 15) is 9.59 Å². The topological polar surface area (TPSA) is 88.5 Å². The maximum Gasteiger partial charge on any atom is 0.335 e. The van der Waals surface area contributed by atoms with Gasteiger partial charge in [-0.2, -0.15) is 12.6 Å². The van der Waals surface area contributed by atoms with Crippen LogP contribution in [0.4, 0.5) is 5.69 Å². The number of amides is 1. The summed E-state index contributed by atoms with van der Waals surface area (Å²) < 4.78 is 5.05. The van der Waals surface area contributed by atoms with Crippen LogP contribution in [0.2, 0.25) is 5.02 Å². The number of thiol groups is 1. The molecule has 23 heavy (non-hydrogen) atoms. The second-order valence-electron chi connectivity index (χ2n) is 4.09. The minimum absolute atomic E-state index is 0.121. The van der Waals surface area contributed by atoms with Crippen LogP contribution >= 0.6 is 24.2 Å². The van der Waals surface area contributed by atoms with Crippen LogP contribution in [-0.2, 0) is 4.79 Å². The van der Waals surface area contributed by atoms with E-state index in [0.717, 1.165) is 0 Å². The first kappa shape index (κ1) is 18.8. The number of aromatic nitrogens is 1. The lowest BCUT2D eigenvalue weighted by atomic mass is 10.3. The molecule has 0 aliphatic carbocycles. The van der Waals surface area contributed by atoms with E-state index in [1.54, 1.807) is 18.2 Å². The fourth-order valence-corrected chi connectivity index (χ4v) is 1.71. The molecule has 0 unspecified atom stereocenters. The van der Waals surface area contributed by atoms with Crippen molar-refractivity contribution in [3.05, 3.63) is 53.3 Å². The molecule has 122 valence electrons. The number of carbonyl (C=O) groups excluding carboxylic acids is 1. The Balaban J connectivity index is 0.000000253. The summed E-state index contributed by atoms with van der Waals surface area (Å²) in [5.41, 5.74) is 0.823. The first-order valence-electron chi connectivity index (χ1n) is 6.35. The number of methoxy groups -OCH3 is 1. The Kier molecular flexibility index (Phi) is 7.93. The largest absolute Gasteiger partial charge is 0.495 e. The van der Waals surface area contributed by atoms with Crippen LogP contribution in [-0.4, -0.2) is 34.8 Å². The summed E-state index contributed by atoms with van der Waals surface area (Å²) in [5, 5.41) is 11.5. The number of benzene rings is 1. The Bertz CT molecular complexity index is 668. The second-order valence-corrected chi connectivity index (χ2v) is 4.84. The summed E-state index contributed by atoms with van der Waals surface area (Å²) >= 11 is 9.62. The highest BCUT2D eigenvalue weighted by Crippen LogP contribution is 2.27. The number of pyridine rings is 1. The molecule has 0 radical (unpaired) electrons. The van der Waals surface area contributed by atoms with Crippen LogP contribution in [0.25, 0.3) is 0 Å². The fourth-order valence-electron chi connectivity index (χ4n) is 1.46. The third-order valence-electron chi connectivity index (χ3n) is 2.51. The Morgan fingerprint density at radius 1 is 1.30 bits per heavy atom. The van der Waals surface area contributed by atoms with E-state index >= 15 is 0 Å². The summed E-state index contributed by atoms with van der Waals surface area (Å²) in [6.45, 7) is 0. The van der Waals surface area contributed by atoms with Crippen molar-refractivity contribution in [2.45, 2.75) is 0 Å². The van der Waals surface area contributed by atoms with Crippen LogP contribution in [0.3, 0.4) is 0 Å². The van der Waals surface area contributed by atoms with Gasteiger partial charge in [-0.15, -0.1) is 0 Å². The smallest absolute Gasteiger partial charge is 0.335 e. The van der Waals surface area contributed by atoms with Crippen LogP contribution in [0.15, 0.2) is 42.7 Å². The van der Waals surface area contributed by atoms with Crippen molar-refractivity contribution in [3.8, 4) is 5.75 Å². The van der Waals surface area contributed by atoms with Crippen molar-refractivity contribution in [2.24, 2.45) is 0 Å². The van der Waals surface area contributed by atoms with Crippen molar-refractivity contribution in [3.63, 3.8) is 0 Å². The average Bonchev–Trinajstić information content (AvgIpc) is 2.56. The van der Waals surface area contributed by atoms with E-state index in [1.807, 2.05) is 0 Å². The molecule has 6 nitrogen and oxygen atoms in total. The molecule has 0 saturated carbocycles.